The molecule has 0 aliphatic rings. The molecule has 0 aliphatic carbocycles. The van der Waals surface area contributed by atoms with E-state index in [1.807, 2.05) is 0 Å². The van der Waals surface area contributed by atoms with Crippen LogP contribution in [-0.4, -0.2) is 39.4 Å². The maximum atomic E-state index is 12.2. The summed E-state index contributed by atoms with van der Waals surface area (Å²) in [6, 6.07) is 2.60. The molecule has 1 aromatic carbocycles. The van der Waals surface area contributed by atoms with Crippen molar-refractivity contribution in [2.24, 2.45) is 0 Å². The molecule has 0 radical (unpaired) electrons. The molecule has 0 aliphatic heterocycles. The third kappa shape index (κ3) is 4.98. The van der Waals surface area contributed by atoms with Gasteiger partial charge >= 0.3 is 0 Å². The predicted octanol–water partition coefficient (Wildman–Crippen LogP) is 1.64. The van der Waals surface area contributed by atoms with Crippen molar-refractivity contribution in [1.29, 1.82) is 0 Å². The molecule has 0 saturated heterocycles. The lowest BCUT2D eigenvalue weighted by Crippen LogP contribution is -2.41. The Labute approximate surface area is 134 Å². The van der Waals surface area contributed by atoms with Crippen molar-refractivity contribution >= 4 is 38.9 Å². The van der Waals surface area contributed by atoms with Crippen LogP contribution in [0.1, 0.15) is 13.3 Å². The molecule has 120 valence electrons. The lowest BCUT2D eigenvalue weighted by Gasteiger charge is -2.23. The van der Waals surface area contributed by atoms with Gasteiger partial charge in [-0.15, -0.1) is 0 Å². The van der Waals surface area contributed by atoms with Crippen molar-refractivity contribution in [3.05, 3.63) is 22.2 Å². The number of aliphatic hydroxyl groups is 1. The number of halogens is 2. The van der Waals surface area contributed by atoms with Gasteiger partial charge in [-0.2, -0.15) is 0 Å². The Morgan fingerprint density at radius 1 is 1.43 bits per heavy atom. The van der Waals surface area contributed by atoms with E-state index in [-0.39, 0.29) is 33.6 Å². The molecule has 9 heteroatoms. The normalized spacial score (nSPS) is 14.9. The van der Waals surface area contributed by atoms with Crippen LogP contribution >= 0.6 is 23.2 Å². The third-order valence-corrected chi connectivity index (χ3v) is 5.16. The van der Waals surface area contributed by atoms with E-state index >= 15 is 0 Å². The number of hydrogen-bond donors (Lipinski definition) is 3. The number of nitrogens with one attached hydrogen (secondary N) is 1. The number of hydrogen-bond acceptors (Lipinski definition) is 5. The first-order chi connectivity index (χ1) is 9.60. The van der Waals surface area contributed by atoms with E-state index < -0.39 is 15.6 Å². The minimum atomic E-state index is -3.91. The summed E-state index contributed by atoms with van der Waals surface area (Å²) in [6.45, 7) is 1.63. The zero-order valence-electron chi connectivity index (χ0n) is 11.7. The van der Waals surface area contributed by atoms with Crippen LogP contribution < -0.4 is 10.5 Å². The van der Waals surface area contributed by atoms with E-state index in [1.165, 1.54) is 26.2 Å². The standard InChI is InChI=1S/C12H18Cl2N2O4S/c1-12(17,5-6-20-2)7-16-21(18,19)9-4-3-8(13)11(15)10(9)14/h3-4,16-17H,5-7,15H2,1-2H3. The van der Waals surface area contributed by atoms with Crippen molar-refractivity contribution in [2.75, 3.05) is 26.0 Å². The zero-order valence-corrected chi connectivity index (χ0v) is 14.0. The zero-order chi connectivity index (χ0) is 16.3. The van der Waals surface area contributed by atoms with Gasteiger partial charge in [0.15, 0.2) is 0 Å². The molecule has 0 aromatic heterocycles. The minimum absolute atomic E-state index is 0.00708. The Balaban J connectivity index is 2.91. The van der Waals surface area contributed by atoms with E-state index in [4.69, 9.17) is 33.7 Å². The second kappa shape index (κ2) is 7.13. The molecule has 4 N–H and O–H groups in total. The summed E-state index contributed by atoms with van der Waals surface area (Å²) in [5, 5.41) is 10.1. The highest BCUT2D eigenvalue weighted by atomic mass is 35.5. The molecule has 1 aromatic rings. The molecule has 0 saturated carbocycles. The number of sulfonamides is 1. The molecular weight excluding hydrogens is 339 g/mol. The van der Waals surface area contributed by atoms with Crippen molar-refractivity contribution < 1.29 is 18.3 Å². The largest absolute Gasteiger partial charge is 0.396 e. The number of methoxy groups -OCH3 is 1. The fourth-order valence-electron chi connectivity index (χ4n) is 1.50. The van der Waals surface area contributed by atoms with E-state index in [0.29, 0.717) is 6.61 Å². The maximum Gasteiger partial charge on any atom is 0.242 e. The number of rotatable bonds is 7. The van der Waals surface area contributed by atoms with Crippen LogP contribution in [0.4, 0.5) is 5.69 Å². The monoisotopic (exact) mass is 356 g/mol. The molecule has 0 fully saturated rings. The summed E-state index contributed by atoms with van der Waals surface area (Å²) in [7, 11) is -2.41. The smallest absolute Gasteiger partial charge is 0.242 e. The highest BCUT2D eigenvalue weighted by molar-refractivity contribution is 7.89. The Hall–Kier alpha value is -0.570. The number of ether oxygens (including phenoxy) is 1. The average molecular weight is 357 g/mol. The van der Waals surface area contributed by atoms with Crippen molar-refractivity contribution in [1.82, 2.24) is 4.72 Å². The first-order valence-corrected chi connectivity index (χ1v) is 8.29. The van der Waals surface area contributed by atoms with Gasteiger partial charge in [0.1, 0.15) is 4.90 Å². The average Bonchev–Trinajstić information content (AvgIpc) is 2.40. The summed E-state index contributed by atoms with van der Waals surface area (Å²) in [6.07, 6.45) is 0.280. The molecule has 6 nitrogen and oxygen atoms in total. The number of nitrogens with two attached hydrogens (primary N) is 1. The molecule has 21 heavy (non-hydrogen) atoms. The highest BCUT2D eigenvalue weighted by Gasteiger charge is 2.26. The first kappa shape index (κ1) is 18.5. The fraction of sp³-hybridized carbons (Fsp3) is 0.500. The van der Waals surface area contributed by atoms with Gasteiger partial charge in [-0.25, -0.2) is 13.1 Å². The Morgan fingerprint density at radius 2 is 2.05 bits per heavy atom. The van der Waals surface area contributed by atoms with E-state index in [0.717, 1.165) is 0 Å². The van der Waals surface area contributed by atoms with Gasteiger partial charge < -0.3 is 15.6 Å². The number of nitrogen functional groups attached to an aromatic ring is 1. The summed E-state index contributed by atoms with van der Waals surface area (Å²) >= 11 is 11.7. The van der Waals surface area contributed by atoms with Crippen molar-refractivity contribution in [3.63, 3.8) is 0 Å². The summed E-state index contributed by atoms with van der Waals surface area (Å²) in [4.78, 5) is -0.186. The van der Waals surface area contributed by atoms with Gasteiger partial charge in [0.05, 0.1) is 21.3 Å². The van der Waals surface area contributed by atoms with E-state index in [9.17, 15) is 13.5 Å². The topological polar surface area (TPSA) is 102 Å². The maximum absolute atomic E-state index is 12.2. The van der Waals surface area contributed by atoms with Gasteiger partial charge in [0.2, 0.25) is 10.0 Å². The van der Waals surface area contributed by atoms with Crippen molar-refractivity contribution in [2.45, 2.75) is 23.8 Å². The van der Waals surface area contributed by atoms with Gasteiger partial charge in [-0.1, -0.05) is 23.2 Å². The van der Waals surface area contributed by atoms with Gasteiger partial charge in [0.25, 0.3) is 0 Å². The summed E-state index contributed by atoms with van der Waals surface area (Å²) in [5.74, 6) is 0. The Morgan fingerprint density at radius 3 is 2.62 bits per heavy atom. The van der Waals surface area contributed by atoms with Crippen LogP contribution in [0, 0.1) is 0 Å². The molecule has 0 spiro atoms. The summed E-state index contributed by atoms with van der Waals surface area (Å²) in [5.41, 5.74) is 4.36. The van der Waals surface area contributed by atoms with Gasteiger partial charge in [-0.3, -0.25) is 0 Å². The lowest BCUT2D eigenvalue weighted by molar-refractivity contribution is 0.0292. The lowest BCUT2D eigenvalue weighted by atomic mass is 10.0. The van der Waals surface area contributed by atoms with Crippen LogP contribution in [-0.2, 0) is 14.8 Å². The molecule has 1 rings (SSSR count). The molecule has 1 atom stereocenters. The third-order valence-electron chi connectivity index (χ3n) is 2.87. The Bertz CT molecular complexity index is 606. The fourth-order valence-corrected chi connectivity index (χ4v) is 3.42. The van der Waals surface area contributed by atoms with Gasteiger partial charge in [-0.05, 0) is 19.1 Å². The Kier molecular flexibility index (Phi) is 6.27. The molecule has 0 amide bonds. The highest BCUT2D eigenvalue weighted by Crippen LogP contribution is 2.33. The van der Waals surface area contributed by atoms with E-state index in [2.05, 4.69) is 4.72 Å². The first-order valence-electron chi connectivity index (χ1n) is 6.05. The molecule has 0 bridgehead atoms. The van der Waals surface area contributed by atoms with Crippen LogP contribution in [0.25, 0.3) is 0 Å². The van der Waals surface area contributed by atoms with Crippen LogP contribution in [0.2, 0.25) is 10.0 Å². The predicted molar refractivity (Wildman–Crippen MR) is 83.2 cm³/mol. The quantitative estimate of drug-likeness (QED) is 0.644. The second-order valence-electron chi connectivity index (χ2n) is 4.84. The SMILES string of the molecule is COCCC(C)(O)CNS(=O)(=O)c1ccc(Cl)c(N)c1Cl. The van der Waals surface area contributed by atoms with Crippen molar-refractivity contribution in [3.8, 4) is 0 Å². The second-order valence-corrected chi connectivity index (χ2v) is 7.36. The van der Waals surface area contributed by atoms with Crippen LogP contribution in [0.5, 0.6) is 0 Å². The number of anilines is 1. The van der Waals surface area contributed by atoms with Crippen LogP contribution in [0.15, 0.2) is 17.0 Å². The summed E-state index contributed by atoms with van der Waals surface area (Å²) < 4.78 is 31.5. The number of benzene rings is 1. The molecule has 0 heterocycles. The van der Waals surface area contributed by atoms with Crippen LogP contribution in [0.3, 0.4) is 0 Å². The van der Waals surface area contributed by atoms with Gasteiger partial charge in [0, 0.05) is 26.7 Å². The molecule has 1 unspecified atom stereocenters. The van der Waals surface area contributed by atoms with E-state index in [1.54, 1.807) is 0 Å². The minimum Gasteiger partial charge on any atom is -0.396 e. The molecular formula is C12H18Cl2N2O4S.